The van der Waals surface area contributed by atoms with Gasteiger partial charge in [-0.2, -0.15) is 0 Å². The molecule has 22 nitrogen and oxygen atoms in total. The number of carbonyl (C=O) groups is 7. The number of aliphatic hydroxyl groups is 1. The Labute approximate surface area is 503 Å². The van der Waals surface area contributed by atoms with E-state index in [0.29, 0.717) is 73.7 Å². The van der Waals surface area contributed by atoms with Crippen LogP contribution in [-0.2, 0) is 20.9 Å². The van der Waals surface area contributed by atoms with E-state index < -0.39 is 66.2 Å². The number of pyridine rings is 1. The Morgan fingerprint density at radius 1 is 0.702 bits per heavy atom. The number of aromatic nitrogens is 7. The molecule has 10 rings (SSSR count). The lowest BCUT2D eigenvalue weighted by Crippen LogP contribution is -2.40. The fourth-order valence-corrected chi connectivity index (χ4v) is 14.4. The number of ketones is 1. The largest absolute Gasteiger partial charge is 0.478 e. The second-order valence-corrected chi connectivity index (χ2v) is 25.1. The molecule has 7 aromatic heterocycles. The number of nitrogens with one attached hydrogen (secondary N) is 5. The number of ether oxygens (including phenoxy) is 1. The third kappa shape index (κ3) is 13.1. The summed E-state index contributed by atoms with van der Waals surface area (Å²) in [7, 11) is 2.96. The van der Waals surface area contributed by atoms with Gasteiger partial charge < -0.3 is 41.5 Å². The summed E-state index contributed by atoms with van der Waals surface area (Å²) in [5.41, 5.74) is 3.01. The third-order valence-corrected chi connectivity index (χ3v) is 19.0. The number of carboxylic acids is 1. The smallest absolute Gasteiger partial charge is 0.335 e. The Kier molecular flexibility index (Phi) is 18.1. The first-order valence-corrected chi connectivity index (χ1v) is 30.9. The summed E-state index contributed by atoms with van der Waals surface area (Å²) >= 11 is 7.22. The van der Waals surface area contributed by atoms with Crippen molar-refractivity contribution in [1.82, 2.24) is 56.2 Å². The SMILES string of the molecule is CNC(=O)C[C@@H]1NC(=O)c2csc(n2)-c2ccc(-c3nc(NC(=O)c4ccc(C(=O)O)cc4)cs3)nc2-c2csc(n2)-c2csc(n2)[C@H]([C@@H](O)c2ccccc2)NC(=O)CNC(=O)c2nc(sc2COC)[C@@H](C(C)C)CC(=O)c2nc1sc2C. The first kappa shape index (κ1) is 59.0. The van der Waals surface area contributed by atoms with Crippen LogP contribution in [0.2, 0.25) is 0 Å². The van der Waals surface area contributed by atoms with E-state index in [9.17, 15) is 43.8 Å². The van der Waals surface area contributed by atoms with Crippen LogP contribution in [0, 0.1) is 12.8 Å². The fraction of sp³-hybridized carbons (Fsp3) is 0.250. The maximum absolute atomic E-state index is 14.4. The molecule has 0 radical (unpaired) electrons. The van der Waals surface area contributed by atoms with Gasteiger partial charge in [0.15, 0.2) is 5.78 Å². The summed E-state index contributed by atoms with van der Waals surface area (Å²) in [5.74, 6) is -4.63. The van der Waals surface area contributed by atoms with Crippen LogP contribution >= 0.6 is 68.0 Å². The minimum atomic E-state index is -1.28. The van der Waals surface area contributed by atoms with Crippen molar-refractivity contribution in [2.24, 2.45) is 5.92 Å². The summed E-state index contributed by atoms with van der Waals surface area (Å²) in [6, 6.07) is 15.7. The number of aliphatic hydroxyl groups excluding tert-OH is 1. The number of aromatic carboxylic acids is 1. The fourth-order valence-electron chi connectivity index (χ4n) is 8.85. The van der Waals surface area contributed by atoms with Crippen molar-refractivity contribution < 1.29 is 48.5 Å². The van der Waals surface area contributed by atoms with Gasteiger partial charge >= 0.3 is 5.97 Å². The minimum Gasteiger partial charge on any atom is -0.478 e. The van der Waals surface area contributed by atoms with E-state index in [2.05, 4.69) is 31.6 Å². The maximum atomic E-state index is 14.4. The van der Waals surface area contributed by atoms with Crippen LogP contribution in [0.15, 0.2) is 88.3 Å². The molecule has 4 atom stereocenters. The number of carboxylic acid groups (broad SMARTS) is 1. The van der Waals surface area contributed by atoms with Crippen LogP contribution in [0.1, 0.15) is 133 Å². The first-order chi connectivity index (χ1) is 40.4. The minimum absolute atomic E-state index is 0.0239. The zero-order valence-electron chi connectivity index (χ0n) is 45.1. The first-order valence-electron chi connectivity index (χ1n) is 25.7. The van der Waals surface area contributed by atoms with Crippen LogP contribution in [0.5, 0.6) is 0 Å². The van der Waals surface area contributed by atoms with Crippen molar-refractivity contribution in [3.05, 3.63) is 147 Å². The van der Waals surface area contributed by atoms with Crippen LogP contribution in [0.4, 0.5) is 5.82 Å². The number of benzene rings is 2. The Morgan fingerprint density at radius 2 is 1.39 bits per heavy atom. The number of thiazole rings is 6. The van der Waals surface area contributed by atoms with E-state index in [1.54, 1.807) is 70.9 Å². The van der Waals surface area contributed by atoms with E-state index in [-0.39, 0.29) is 65.2 Å². The number of nitrogens with zero attached hydrogens (tertiary/aromatic N) is 7. The summed E-state index contributed by atoms with van der Waals surface area (Å²) in [4.78, 5) is 129. The van der Waals surface area contributed by atoms with Gasteiger partial charge in [-0.15, -0.1) is 68.0 Å². The van der Waals surface area contributed by atoms with Gasteiger partial charge in [0.2, 0.25) is 11.8 Å². The molecule has 0 saturated carbocycles. The molecule has 0 spiro atoms. The van der Waals surface area contributed by atoms with Crippen molar-refractivity contribution in [1.29, 1.82) is 0 Å². The van der Waals surface area contributed by atoms with Gasteiger partial charge in [0.1, 0.15) is 77.2 Å². The summed E-state index contributed by atoms with van der Waals surface area (Å²) in [6.07, 6.45) is -1.53. The molecule has 0 aliphatic carbocycles. The third-order valence-electron chi connectivity index (χ3n) is 13.2. The molecule has 8 heterocycles. The number of Topliss-reactive ketones (excluding diaryl/α,β-unsaturated/α-hetero) is 1. The highest BCUT2D eigenvalue weighted by Crippen LogP contribution is 2.41. The van der Waals surface area contributed by atoms with Gasteiger partial charge in [0.05, 0.1) is 46.8 Å². The van der Waals surface area contributed by atoms with Gasteiger partial charge in [-0.25, -0.2) is 39.7 Å². The highest BCUT2D eigenvalue weighted by atomic mass is 32.1. The molecule has 84 heavy (non-hydrogen) atoms. The van der Waals surface area contributed by atoms with Crippen molar-refractivity contribution in [2.45, 2.75) is 64.3 Å². The zero-order valence-corrected chi connectivity index (χ0v) is 50.0. The molecule has 28 heteroatoms. The molecule has 5 amide bonds. The molecule has 7 N–H and O–H groups in total. The van der Waals surface area contributed by atoms with Gasteiger partial charge in [-0.3, -0.25) is 28.8 Å². The number of amides is 5. The number of fused-ring (bicyclic) bond motifs is 14. The Balaban J connectivity index is 1.04. The van der Waals surface area contributed by atoms with Gasteiger partial charge in [-0.05, 0) is 54.8 Å². The van der Waals surface area contributed by atoms with Crippen LogP contribution in [0.25, 0.3) is 43.4 Å². The topological polar surface area (TPSA) is 320 Å². The molecule has 2 aromatic carbocycles. The van der Waals surface area contributed by atoms with Crippen LogP contribution in [0.3, 0.4) is 0 Å². The predicted octanol–water partition coefficient (Wildman–Crippen LogP) is 9.15. The van der Waals surface area contributed by atoms with E-state index >= 15 is 0 Å². The van der Waals surface area contributed by atoms with Crippen LogP contribution in [-0.4, -0.2) is 107 Å². The summed E-state index contributed by atoms with van der Waals surface area (Å²) < 4.78 is 5.47. The summed E-state index contributed by atoms with van der Waals surface area (Å²) in [6.45, 7) is 5.14. The average molecular weight is 1240 g/mol. The van der Waals surface area contributed by atoms with E-state index in [1.165, 1.54) is 106 Å². The molecule has 9 aromatic rings. The monoisotopic (exact) mass is 1240 g/mol. The highest BCUT2D eigenvalue weighted by Gasteiger charge is 2.33. The normalized spacial score (nSPS) is 16.3. The maximum Gasteiger partial charge on any atom is 0.335 e. The molecular weight excluding hydrogens is 1190 g/mol. The number of hydrogen-bond acceptors (Lipinski definition) is 22. The lowest BCUT2D eigenvalue weighted by atomic mass is 9.90. The number of anilines is 1. The van der Waals surface area contributed by atoms with Gasteiger partial charge in [0.25, 0.3) is 17.7 Å². The molecule has 0 unspecified atom stereocenters. The van der Waals surface area contributed by atoms with Crippen LogP contribution < -0.4 is 26.6 Å². The second-order valence-electron chi connectivity index (χ2n) is 19.3. The molecule has 0 saturated heterocycles. The lowest BCUT2D eigenvalue weighted by Gasteiger charge is -2.23. The lowest BCUT2D eigenvalue weighted by molar-refractivity contribution is -0.122. The van der Waals surface area contributed by atoms with E-state index in [1.807, 2.05) is 13.8 Å². The summed E-state index contributed by atoms with van der Waals surface area (Å²) in [5, 5.41) is 44.2. The van der Waals surface area contributed by atoms with Gasteiger partial charge in [0, 0.05) is 64.0 Å². The molecule has 1 aliphatic rings. The van der Waals surface area contributed by atoms with Crippen molar-refractivity contribution >= 4 is 115 Å². The number of rotatable bonds is 11. The quantitative estimate of drug-likeness (QED) is 0.0634. The van der Waals surface area contributed by atoms with E-state index in [0.717, 1.165) is 0 Å². The standard InChI is InChI=1S/C56H50N12O10S6/c1-25(2)31-17-37(69)42-26(3)83-54(67-42)33(18-40(70)57-4)60-48(74)35-22-79-50(62-35)30-15-16-32(52-65-39(24-82-52)64-47(73)28-11-13-29(14-12-28)56(76)77)59-43(30)34-21-80-53(61-34)36-23-81-55(63-36)45(46(72)27-9-7-6-8-10-27)66-41(71)19-58-49(75)44-38(20-78-5)84-51(31)68-44/h6-16,21-25,31,33,45-46,72H,17-20H2,1-5H3,(H,57,70)(H,58,75)(H,60,74)(H,64,73)(H,66,71)(H,76,77)/t31-,33+,45+,46+/m1/s1. The molecule has 0 fully saturated rings. The highest BCUT2D eigenvalue weighted by molar-refractivity contribution is 7.15. The number of hydrogen-bond donors (Lipinski definition) is 7. The Morgan fingerprint density at radius 3 is 2.13 bits per heavy atom. The predicted molar refractivity (Wildman–Crippen MR) is 320 cm³/mol. The Hall–Kier alpha value is -8.22. The van der Waals surface area contributed by atoms with Crippen molar-refractivity contribution in [2.75, 3.05) is 26.0 Å². The van der Waals surface area contributed by atoms with E-state index in [4.69, 9.17) is 34.6 Å². The molecule has 430 valence electrons. The number of methoxy groups -OCH3 is 1. The molecule has 1 aliphatic heterocycles. The number of aryl methyl sites for hydroxylation is 1. The molecular formula is C56H50N12O10S6. The van der Waals surface area contributed by atoms with Gasteiger partial charge in [-0.1, -0.05) is 44.2 Å². The number of carbonyl (C=O) groups excluding carboxylic acids is 6. The zero-order chi connectivity index (χ0) is 59.3. The van der Waals surface area contributed by atoms with Crippen molar-refractivity contribution in [3.8, 4) is 43.4 Å². The second kappa shape index (κ2) is 25.7. The van der Waals surface area contributed by atoms with Crippen molar-refractivity contribution in [3.63, 3.8) is 0 Å². The average Bonchev–Trinajstić information content (AvgIpc) is 3.76. The Bertz CT molecular complexity index is 3960. The molecule has 10 bridgehead atoms.